The summed E-state index contributed by atoms with van der Waals surface area (Å²) in [6.07, 6.45) is 0. The smallest absolute Gasteiger partial charge is 0.181 e. The van der Waals surface area contributed by atoms with Crippen LogP contribution in [-0.2, 0) is 6.54 Å². The van der Waals surface area contributed by atoms with Crippen LogP contribution >= 0.6 is 11.3 Å². The van der Waals surface area contributed by atoms with Crippen molar-refractivity contribution in [2.75, 3.05) is 5.32 Å². The van der Waals surface area contributed by atoms with E-state index >= 15 is 0 Å². The molecule has 0 radical (unpaired) electrons. The lowest BCUT2D eigenvalue weighted by Crippen LogP contribution is -1.97. The molecule has 19 heavy (non-hydrogen) atoms. The van der Waals surface area contributed by atoms with E-state index in [1.807, 2.05) is 19.1 Å². The van der Waals surface area contributed by atoms with Crippen LogP contribution in [0, 0.1) is 6.92 Å². The lowest BCUT2D eigenvalue weighted by molar-refractivity contribution is 1.04. The lowest BCUT2D eigenvalue weighted by atomic mass is 10.2. The fourth-order valence-electron chi connectivity index (χ4n) is 1.84. The Labute approximate surface area is 115 Å². The maximum absolute atomic E-state index is 4.34. The molecular weight excluding hydrogens is 256 g/mol. The minimum absolute atomic E-state index is 0.734. The molecule has 0 atom stereocenters. The van der Waals surface area contributed by atoms with Gasteiger partial charge >= 0.3 is 0 Å². The Hall–Kier alpha value is -2.14. The van der Waals surface area contributed by atoms with Gasteiger partial charge in [-0.2, -0.15) is 5.10 Å². The summed E-state index contributed by atoms with van der Waals surface area (Å²) in [6, 6.07) is 12.3. The first kappa shape index (κ1) is 11.9. The molecule has 0 aliphatic carbocycles. The highest BCUT2D eigenvalue weighted by atomic mass is 32.1. The Kier molecular flexibility index (Phi) is 3.29. The Morgan fingerprint density at radius 2 is 2.21 bits per heavy atom. The zero-order chi connectivity index (χ0) is 13.1. The highest BCUT2D eigenvalue weighted by molar-refractivity contribution is 7.09. The van der Waals surface area contributed by atoms with Crippen molar-refractivity contribution >= 4 is 17.0 Å². The summed E-state index contributed by atoms with van der Waals surface area (Å²) in [5, 5.41) is 12.5. The number of aryl methyl sites for hydroxylation is 1. The van der Waals surface area contributed by atoms with Gasteiger partial charge in [0, 0.05) is 22.7 Å². The first-order chi connectivity index (χ1) is 9.31. The van der Waals surface area contributed by atoms with Gasteiger partial charge in [0.15, 0.2) is 5.82 Å². The number of benzene rings is 1. The molecule has 0 amide bonds. The number of hydrogen-bond donors (Lipinski definition) is 2. The highest BCUT2D eigenvalue weighted by Crippen LogP contribution is 2.20. The molecule has 1 aromatic carbocycles. The van der Waals surface area contributed by atoms with E-state index in [1.165, 1.54) is 4.88 Å². The first-order valence-corrected chi connectivity index (χ1v) is 6.95. The largest absolute Gasteiger partial charge is 0.380 e. The standard InChI is InChI=1S/C14H14N4S/c1-10-16-14(18-17-10)11-4-2-5-12(8-11)15-9-13-6-3-7-19-13/h2-8,15H,9H2,1H3,(H,16,17,18). The number of aromatic nitrogens is 3. The molecule has 0 fully saturated rings. The van der Waals surface area contributed by atoms with Gasteiger partial charge in [-0.3, -0.25) is 5.10 Å². The van der Waals surface area contributed by atoms with Gasteiger partial charge < -0.3 is 5.32 Å². The zero-order valence-electron chi connectivity index (χ0n) is 10.6. The highest BCUT2D eigenvalue weighted by Gasteiger charge is 2.04. The predicted octanol–water partition coefficient (Wildman–Crippen LogP) is 3.45. The number of aromatic amines is 1. The van der Waals surface area contributed by atoms with Crippen molar-refractivity contribution in [3.8, 4) is 11.4 Å². The molecule has 0 spiro atoms. The maximum Gasteiger partial charge on any atom is 0.181 e. The van der Waals surface area contributed by atoms with E-state index in [1.54, 1.807) is 11.3 Å². The molecule has 2 N–H and O–H groups in total. The molecule has 0 aliphatic heterocycles. The molecule has 5 heteroatoms. The predicted molar refractivity (Wildman–Crippen MR) is 78.2 cm³/mol. The van der Waals surface area contributed by atoms with Gasteiger partial charge in [0.1, 0.15) is 5.82 Å². The van der Waals surface area contributed by atoms with Crippen LogP contribution in [0.1, 0.15) is 10.7 Å². The fraction of sp³-hybridized carbons (Fsp3) is 0.143. The molecular formula is C14H14N4S. The SMILES string of the molecule is Cc1nc(-c2cccc(NCc3cccs3)c2)n[nH]1. The van der Waals surface area contributed by atoms with E-state index in [0.29, 0.717) is 0 Å². The molecule has 3 rings (SSSR count). The van der Waals surface area contributed by atoms with Crippen LogP contribution in [0.25, 0.3) is 11.4 Å². The van der Waals surface area contributed by atoms with E-state index in [-0.39, 0.29) is 0 Å². The number of hydrogen-bond acceptors (Lipinski definition) is 4. The van der Waals surface area contributed by atoms with Gasteiger partial charge in [-0.1, -0.05) is 18.2 Å². The summed E-state index contributed by atoms with van der Waals surface area (Å²) in [4.78, 5) is 5.66. The van der Waals surface area contributed by atoms with E-state index in [4.69, 9.17) is 0 Å². The fourth-order valence-corrected chi connectivity index (χ4v) is 2.49. The van der Waals surface area contributed by atoms with Gasteiger partial charge in [0.05, 0.1) is 0 Å². The summed E-state index contributed by atoms with van der Waals surface area (Å²) in [6.45, 7) is 2.74. The summed E-state index contributed by atoms with van der Waals surface area (Å²) in [7, 11) is 0. The van der Waals surface area contributed by atoms with Crippen molar-refractivity contribution in [2.24, 2.45) is 0 Å². The Balaban J connectivity index is 1.76. The second-order valence-electron chi connectivity index (χ2n) is 4.26. The van der Waals surface area contributed by atoms with Gasteiger partial charge in [-0.25, -0.2) is 4.98 Å². The topological polar surface area (TPSA) is 53.6 Å². The Morgan fingerprint density at radius 1 is 1.26 bits per heavy atom. The second-order valence-corrected chi connectivity index (χ2v) is 5.29. The van der Waals surface area contributed by atoms with Gasteiger partial charge in [-0.15, -0.1) is 11.3 Å². The minimum Gasteiger partial charge on any atom is -0.380 e. The third-order valence-corrected chi connectivity index (χ3v) is 3.64. The van der Waals surface area contributed by atoms with Crippen molar-refractivity contribution in [3.63, 3.8) is 0 Å². The second kappa shape index (κ2) is 5.24. The van der Waals surface area contributed by atoms with Crippen LogP contribution in [0.15, 0.2) is 41.8 Å². The summed E-state index contributed by atoms with van der Waals surface area (Å²) < 4.78 is 0. The third kappa shape index (κ3) is 2.82. The van der Waals surface area contributed by atoms with Crippen LogP contribution < -0.4 is 5.32 Å². The maximum atomic E-state index is 4.34. The van der Waals surface area contributed by atoms with Gasteiger partial charge in [-0.05, 0) is 30.5 Å². The summed E-state index contributed by atoms with van der Waals surface area (Å²) in [5.41, 5.74) is 2.09. The van der Waals surface area contributed by atoms with Gasteiger partial charge in [0.25, 0.3) is 0 Å². The quantitative estimate of drug-likeness (QED) is 0.763. The van der Waals surface area contributed by atoms with Crippen LogP contribution in [0.5, 0.6) is 0 Å². The number of nitrogens with one attached hydrogen (secondary N) is 2. The van der Waals surface area contributed by atoms with E-state index < -0.39 is 0 Å². The normalized spacial score (nSPS) is 10.6. The van der Waals surface area contributed by atoms with Crippen molar-refractivity contribution < 1.29 is 0 Å². The first-order valence-electron chi connectivity index (χ1n) is 6.07. The van der Waals surface area contributed by atoms with Crippen molar-refractivity contribution in [1.29, 1.82) is 0 Å². The molecule has 2 heterocycles. The summed E-state index contributed by atoms with van der Waals surface area (Å²) >= 11 is 1.75. The average Bonchev–Trinajstić information content (AvgIpc) is 3.08. The van der Waals surface area contributed by atoms with Crippen molar-refractivity contribution in [1.82, 2.24) is 15.2 Å². The zero-order valence-corrected chi connectivity index (χ0v) is 11.4. The van der Waals surface area contributed by atoms with Crippen LogP contribution in [-0.4, -0.2) is 15.2 Å². The number of anilines is 1. The molecule has 0 saturated heterocycles. The average molecular weight is 270 g/mol. The molecule has 0 bridgehead atoms. The van der Waals surface area contributed by atoms with E-state index in [9.17, 15) is 0 Å². The Morgan fingerprint density at radius 3 is 2.95 bits per heavy atom. The van der Waals surface area contributed by atoms with Crippen molar-refractivity contribution in [2.45, 2.75) is 13.5 Å². The number of nitrogens with zero attached hydrogens (tertiary/aromatic N) is 2. The van der Waals surface area contributed by atoms with Crippen LogP contribution in [0.4, 0.5) is 5.69 Å². The molecule has 2 aromatic heterocycles. The van der Waals surface area contributed by atoms with Crippen LogP contribution in [0.2, 0.25) is 0 Å². The third-order valence-electron chi connectivity index (χ3n) is 2.76. The molecule has 96 valence electrons. The number of thiophene rings is 1. The van der Waals surface area contributed by atoms with Gasteiger partial charge in [0.2, 0.25) is 0 Å². The van der Waals surface area contributed by atoms with Crippen LogP contribution in [0.3, 0.4) is 0 Å². The number of rotatable bonds is 4. The molecule has 0 saturated carbocycles. The molecule has 0 aliphatic rings. The number of H-pyrrole nitrogens is 1. The Bertz CT molecular complexity index is 658. The lowest BCUT2D eigenvalue weighted by Gasteiger charge is -2.05. The molecule has 3 aromatic rings. The molecule has 4 nitrogen and oxygen atoms in total. The minimum atomic E-state index is 0.734. The van der Waals surface area contributed by atoms with E-state index in [2.05, 4.69) is 50.1 Å². The summed E-state index contributed by atoms with van der Waals surface area (Å²) in [5.74, 6) is 1.56. The molecule has 0 unspecified atom stereocenters. The monoisotopic (exact) mass is 270 g/mol. The van der Waals surface area contributed by atoms with Crippen molar-refractivity contribution in [3.05, 3.63) is 52.5 Å². The van der Waals surface area contributed by atoms with E-state index in [0.717, 1.165) is 29.4 Å².